The molecule has 0 saturated heterocycles. The van der Waals surface area contributed by atoms with E-state index in [1.807, 2.05) is 0 Å². The van der Waals surface area contributed by atoms with Crippen molar-refractivity contribution in [2.24, 2.45) is 0 Å². The first kappa shape index (κ1) is 12.1. The minimum atomic E-state index is -4.83. The molecule has 88 valence electrons. The molecule has 16 heavy (non-hydrogen) atoms. The SMILES string of the molecule is COc1cc([N+](=O)[O-])c(C(F)(F)F)cc1N. The Balaban J connectivity index is 3.49. The van der Waals surface area contributed by atoms with Gasteiger partial charge in [0.2, 0.25) is 0 Å². The predicted molar refractivity (Wildman–Crippen MR) is 49.1 cm³/mol. The summed E-state index contributed by atoms with van der Waals surface area (Å²) in [6.45, 7) is 0. The number of benzene rings is 1. The van der Waals surface area contributed by atoms with E-state index in [1.54, 1.807) is 0 Å². The van der Waals surface area contributed by atoms with E-state index in [0.29, 0.717) is 12.1 Å². The summed E-state index contributed by atoms with van der Waals surface area (Å²) in [4.78, 5) is 9.32. The van der Waals surface area contributed by atoms with E-state index in [4.69, 9.17) is 5.73 Å². The van der Waals surface area contributed by atoms with Crippen molar-refractivity contribution < 1.29 is 22.8 Å². The van der Waals surface area contributed by atoms with Gasteiger partial charge in [-0.05, 0) is 6.07 Å². The van der Waals surface area contributed by atoms with Crippen molar-refractivity contribution >= 4 is 11.4 Å². The smallest absolute Gasteiger partial charge is 0.423 e. The number of methoxy groups -OCH3 is 1. The fraction of sp³-hybridized carbons (Fsp3) is 0.250. The Morgan fingerprint density at radius 2 is 2.00 bits per heavy atom. The monoisotopic (exact) mass is 236 g/mol. The molecule has 0 bridgehead atoms. The largest absolute Gasteiger partial charge is 0.494 e. The Morgan fingerprint density at radius 3 is 2.38 bits per heavy atom. The predicted octanol–water partition coefficient (Wildman–Crippen LogP) is 2.20. The van der Waals surface area contributed by atoms with Crippen LogP contribution in [0.2, 0.25) is 0 Å². The third-order valence-electron chi connectivity index (χ3n) is 1.85. The second-order valence-electron chi connectivity index (χ2n) is 2.87. The van der Waals surface area contributed by atoms with Crippen LogP contribution < -0.4 is 10.5 Å². The van der Waals surface area contributed by atoms with Crippen LogP contribution in [0.25, 0.3) is 0 Å². The highest BCUT2D eigenvalue weighted by molar-refractivity contribution is 5.62. The van der Waals surface area contributed by atoms with Gasteiger partial charge in [0.1, 0.15) is 11.3 Å². The van der Waals surface area contributed by atoms with E-state index < -0.39 is 22.4 Å². The lowest BCUT2D eigenvalue weighted by Gasteiger charge is -2.10. The molecule has 1 rings (SSSR count). The number of nitrogen functional groups attached to an aromatic ring is 1. The molecule has 0 atom stereocenters. The highest BCUT2D eigenvalue weighted by Gasteiger charge is 2.39. The molecular formula is C8H7F3N2O3. The number of nitro groups is 1. The molecule has 2 N–H and O–H groups in total. The Labute approximate surface area is 87.8 Å². The molecule has 0 aliphatic carbocycles. The third kappa shape index (κ3) is 2.15. The van der Waals surface area contributed by atoms with Gasteiger partial charge in [-0.3, -0.25) is 10.1 Å². The van der Waals surface area contributed by atoms with Crippen molar-refractivity contribution in [3.8, 4) is 5.75 Å². The summed E-state index contributed by atoms with van der Waals surface area (Å²) in [6, 6.07) is 1.13. The van der Waals surface area contributed by atoms with E-state index in [9.17, 15) is 23.3 Å². The minimum Gasteiger partial charge on any atom is -0.494 e. The number of nitro benzene ring substituents is 1. The normalized spacial score (nSPS) is 11.2. The number of nitrogens with two attached hydrogens (primary N) is 1. The van der Waals surface area contributed by atoms with Crippen LogP contribution in [-0.2, 0) is 6.18 Å². The lowest BCUT2D eigenvalue weighted by atomic mass is 10.1. The van der Waals surface area contributed by atoms with Crippen LogP contribution >= 0.6 is 0 Å². The highest BCUT2D eigenvalue weighted by atomic mass is 19.4. The number of hydrogen-bond acceptors (Lipinski definition) is 4. The first-order valence-electron chi connectivity index (χ1n) is 3.96. The fourth-order valence-electron chi connectivity index (χ4n) is 1.14. The first-order chi connectivity index (χ1) is 7.27. The Kier molecular flexibility index (Phi) is 2.92. The number of rotatable bonds is 2. The van der Waals surface area contributed by atoms with Gasteiger partial charge < -0.3 is 10.5 Å². The summed E-state index contributed by atoms with van der Waals surface area (Å²) in [5.41, 5.74) is 2.47. The van der Waals surface area contributed by atoms with Crippen molar-refractivity contribution in [2.75, 3.05) is 12.8 Å². The summed E-state index contributed by atoms with van der Waals surface area (Å²) < 4.78 is 41.9. The van der Waals surface area contributed by atoms with Gasteiger partial charge in [0.05, 0.1) is 23.8 Å². The number of alkyl halides is 3. The molecule has 8 heteroatoms. The summed E-state index contributed by atoms with van der Waals surface area (Å²) in [7, 11) is 1.16. The zero-order valence-corrected chi connectivity index (χ0v) is 8.04. The average molecular weight is 236 g/mol. The molecule has 0 heterocycles. The van der Waals surface area contributed by atoms with Crippen LogP contribution in [0.15, 0.2) is 12.1 Å². The van der Waals surface area contributed by atoms with Gasteiger partial charge in [-0.25, -0.2) is 0 Å². The van der Waals surface area contributed by atoms with Crippen LogP contribution in [0.1, 0.15) is 5.56 Å². The maximum absolute atomic E-state index is 12.4. The van der Waals surface area contributed by atoms with Gasteiger partial charge in [0, 0.05) is 0 Å². The molecule has 0 unspecified atom stereocenters. The molecule has 0 aliphatic heterocycles. The van der Waals surface area contributed by atoms with Crippen molar-refractivity contribution in [1.82, 2.24) is 0 Å². The van der Waals surface area contributed by atoms with Crippen LogP contribution in [0, 0.1) is 10.1 Å². The van der Waals surface area contributed by atoms with E-state index in [-0.39, 0.29) is 11.4 Å². The Morgan fingerprint density at radius 1 is 1.44 bits per heavy atom. The molecule has 5 nitrogen and oxygen atoms in total. The fourth-order valence-corrected chi connectivity index (χ4v) is 1.14. The second kappa shape index (κ2) is 3.87. The van der Waals surface area contributed by atoms with Crippen molar-refractivity contribution in [3.05, 3.63) is 27.8 Å². The standard InChI is InChI=1S/C8H7F3N2O3/c1-16-7-3-6(13(14)15)4(2-5(7)12)8(9,10)11/h2-3H,12H2,1H3. The molecule has 0 fully saturated rings. The van der Waals surface area contributed by atoms with E-state index in [0.717, 1.165) is 7.11 Å². The number of ether oxygens (including phenoxy) is 1. The molecule has 1 aromatic carbocycles. The van der Waals surface area contributed by atoms with E-state index in [1.165, 1.54) is 0 Å². The third-order valence-corrected chi connectivity index (χ3v) is 1.85. The Bertz CT molecular complexity index is 431. The maximum atomic E-state index is 12.4. The molecule has 0 aromatic heterocycles. The summed E-state index contributed by atoms with van der Waals surface area (Å²) in [6.07, 6.45) is -4.83. The van der Waals surface area contributed by atoms with Gasteiger partial charge >= 0.3 is 6.18 Å². The van der Waals surface area contributed by atoms with Gasteiger partial charge in [0.25, 0.3) is 5.69 Å². The molecule has 0 amide bonds. The van der Waals surface area contributed by atoms with Crippen molar-refractivity contribution in [3.63, 3.8) is 0 Å². The van der Waals surface area contributed by atoms with E-state index >= 15 is 0 Å². The maximum Gasteiger partial charge on any atom is 0.423 e. The minimum absolute atomic E-state index is 0.167. The van der Waals surface area contributed by atoms with Crippen molar-refractivity contribution in [2.45, 2.75) is 6.18 Å². The van der Waals surface area contributed by atoms with Crippen molar-refractivity contribution in [1.29, 1.82) is 0 Å². The summed E-state index contributed by atoms with van der Waals surface area (Å²) in [5, 5.41) is 10.5. The van der Waals surface area contributed by atoms with Crippen LogP contribution in [-0.4, -0.2) is 12.0 Å². The zero-order chi connectivity index (χ0) is 12.5. The molecule has 1 aromatic rings. The topological polar surface area (TPSA) is 78.4 Å². The molecule has 0 spiro atoms. The molecule has 0 saturated carbocycles. The van der Waals surface area contributed by atoms with Gasteiger partial charge in [-0.15, -0.1) is 0 Å². The number of nitrogens with zero attached hydrogens (tertiary/aromatic N) is 1. The van der Waals surface area contributed by atoms with Gasteiger partial charge in [-0.1, -0.05) is 0 Å². The lowest BCUT2D eigenvalue weighted by molar-refractivity contribution is -0.388. The zero-order valence-electron chi connectivity index (χ0n) is 8.04. The average Bonchev–Trinajstić information content (AvgIpc) is 2.15. The van der Waals surface area contributed by atoms with E-state index in [2.05, 4.69) is 4.74 Å². The second-order valence-corrected chi connectivity index (χ2v) is 2.87. The quantitative estimate of drug-likeness (QED) is 0.485. The van der Waals surface area contributed by atoms with Crippen LogP contribution in [0.4, 0.5) is 24.5 Å². The molecule has 0 aliphatic rings. The number of halogens is 3. The van der Waals surface area contributed by atoms with Crippen LogP contribution in [0.3, 0.4) is 0 Å². The number of hydrogen-bond donors (Lipinski definition) is 1. The van der Waals surface area contributed by atoms with Crippen LogP contribution in [0.5, 0.6) is 5.75 Å². The Hall–Kier alpha value is -1.99. The molecule has 0 radical (unpaired) electrons. The first-order valence-corrected chi connectivity index (χ1v) is 3.96. The van der Waals surface area contributed by atoms with Gasteiger partial charge in [0.15, 0.2) is 0 Å². The number of anilines is 1. The summed E-state index contributed by atoms with van der Waals surface area (Å²) in [5.74, 6) is -0.167. The lowest BCUT2D eigenvalue weighted by Crippen LogP contribution is -2.10. The highest BCUT2D eigenvalue weighted by Crippen LogP contribution is 2.40. The molecular weight excluding hydrogens is 229 g/mol. The van der Waals surface area contributed by atoms with Gasteiger partial charge in [-0.2, -0.15) is 13.2 Å². The summed E-state index contributed by atoms with van der Waals surface area (Å²) >= 11 is 0.